The van der Waals surface area contributed by atoms with Crippen LogP contribution in [0, 0.1) is 11.7 Å². The van der Waals surface area contributed by atoms with Crippen molar-refractivity contribution in [2.75, 3.05) is 25.5 Å². The maximum Gasteiger partial charge on any atom is 0.225 e. The van der Waals surface area contributed by atoms with Crippen LogP contribution in [0.2, 0.25) is 0 Å². The van der Waals surface area contributed by atoms with Crippen molar-refractivity contribution in [2.45, 2.75) is 6.92 Å². The minimum atomic E-state index is -0.475. The van der Waals surface area contributed by atoms with E-state index in [-0.39, 0.29) is 11.8 Å². The van der Waals surface area contributed by atoms with Crippen molar-refractivity contribution in [3.8, 4) is 0 Å². The number of aromatic nitrogens is 2. The molecule has 88 valence electrons. The van der Waals surface area contributed by atoms with Crippen molar-refractivity contribution in [1.29, 1.82) is 0 Å². The number of carbonyl (C=O) groups excluding carboxylic acids is 1. The molecule has 1 heterocycles. The van der Waals surface area contributed by atoms with Crippen LogP contribution in [0.1, 0.15) is 6.92 Å². The Morgan fingerprint density at radius 3 is 2.62 bits per heavy atom. The molecule has 0 radical (unpaired) electrons. The maximum atomic E-state index is 12.6. The number of nitrogens with zero attached hydrogens (tertiary/aromatic N) is 3. The molecule has 1 N–H and O–H groups in total. The van der Waals surface area contributed by atoms with Crippen molar-refractivity contribution >= 4 is 11.9 Å². The lowest BCUT2D eigenvalue weighted by Gasteiger charge is -2.20. The lowest BCUT2D eigenvalue weighted by atomic mass is 10.1. The second-order valence-corrected chi connectivity index (χ2v) is 3.60. The van der Waals surface area contributed by atoms with Gasteiger partial charge < -0.3 is 10.2 Å². The minimum Gasteiger partial charge on any atom is -0.359 e. The molecule has 1 amide bonds. The molecule has 0 aromatic carbocycles. The fraction of sp³-hybridized carbons (Fsp3) is 0.500. The first-order valence-electron chi connectivity index (χ1n) is 4.95. The normalized spacial score (nSPS) is 12.0. The van der Waals surface area contributed by atoms with Crippen LogP contribution in [-0.2, 0) is 4.79 Å². The van der Waals surface area contributed by atoms with E-state index in [4.69, 9.17) is 0 Å². The van der Waals surface area contributed by atoms with Crippen molar-refractivity contribution in [1.82, 2.24) is 15.3 Å². The van der Waals surface area contributed by atoms with Crippen LogP contribution in [0.5, 0.6) is 0 Å². The Hall–Kier alpha value is -1.72. The van der Waals surface area contributed by atoms with Crippen LogP contribution in [0.25, 0.3) is 0 Å². The van der Waals surface area contributed by atoms with Gasteiger partial charge in [-0.3, -0.25) is 4.79 Å². The number of carbonyl (C=O) groups is 1. The third-order valence-electron chi connectivity index (χ3n) is 2.19. The average molecular weight is 226 g/mol. The van der Waals surface area contributed by atoms with Gasteiger partial charge in [0, 0.05) is 20.6 Å². The quantitative estimate of drug-likeness (QED) is 0.809. The second kappa shape index (κ2) is 5.39. The molecular formula is C10H15FN4O. The zero-order chi connectivity index (χ0) is 12.1. The van der Waals surface area contributed by atoms with Gasteiger partial charge in [0.25, 0.3) is 0 Å². The molecule has 6 heteroatoms. The number of anilines is 1. The van der Waals surface area contributed by atoms with Crippen molar-refractivity contribution in [2.24, 2.45) is 5.92 Å². The molecule has 16 heavy (non-hydrogen) atoms. The third-order valence-corrected chi connectivity index (χ3v) is 2.19. The number of nitrogens with one attached hydrogen (secondary N) is 1. The highest BCUT2D eigenvalue weighted by molar-refractivity contribution is 5.78. The van der Waals surface area contributed by atoms with Gasteiger partial charge in [-0.2, -0.15) is 0 Å². The van der Waals surface area contributed by atoms with Crippen molar-refractivity contribution < 1.29 is 9.18 Å². The summed E-state index contributed by atoms with van der Waals surface area (Å²) in [5.41, 5.74) is 0. The standard InChI is InChI=1S/C10H15FN4O/c1-7(9(16)12-2)6-15(3)10-13-4-8(11)5-14-10/h4-5,7H,6H2,1-3H3,(H,12,16)/t7-/m0/s1. The highest BCUT2D eigenvalue weighted by atomic mass is 19.1. The van der Waals surface area contributed by atoms with Gasteiger partial charge in [-0.25, -0.2) is 14.4 Å². The predicted molar refractivity (Wildman–Crippen MR) is 58.5 cm³/mol. The minimum absolute atomic E-state index is 0.0473. The molecular weight excluding hydrogens is 211 g/mol. The molecule has 1 atom stereocenters. The molecule has 0 aliphatic rings. The Labute approximate surface area is 93.7 Å². The Bertz CT molecular complexity index is 354. The molecule has 0 saturated carbocycles. The van der Waals surface area contributed by atoms with Gasteiger partial charge in [0.15, 0.2) is 5.82 Å². The summed E-state index contributed by atoms with van der Waals surface area (Å²) in [6, 6.07) is 0. The summed E-state index contributed by atoms with van der Waals surface area (Å²) in [5.74, 6) is -0.300. The maximum absolute atomic E-state index is 12.6. The Kier molecular flexibility index (Phi) is 4.16. The number of halogens is 1. The zero-order valence-electron chi connectivity index (χ0n) is 9.57. The van der Waals surface area contributed by atoms with Crippen LogP contribution in [0.15, 0.2) is 12.4 Å². The average Bonchev–Trinajstić information content (AvgIpc) is 2.28. The van der Waals surface area contributed by atoms with Crippen molar-refractivity contribution in [3.63, 3.8) is 0 Å². The van der Waals surface area contributed by atoms with E-state index in [1.54, 1.807) is 25.9 Å². The van der Waals surface area contributed by atoms with Crippen LogP contribution in [0.4, 0.5) is 10.3 Å². The van der Waals surface area contributed by atoms with Crippen LogP contribution >= 0.6 is 0 Å². The Morgan fingerprint density at radius 1 is 1.56 bits per heavy atom. The molecule has 1 aromatic heterocycles. The smallest absolute Gasteiger partial charge is 0.225 e. The van der Waals surface area contributed by atoms with Gasteiger partial charge in [0.2, 0.25) is 11.9 Å². The van der Waals surface area contributed by atoms with E-state index >= 15 is 0 Å². The van der Waals surface area contributed by atoms with Gasteiger partial charge in [0.1, 0.15) is 0 Å². The summed E-state index contributed by atoms with van der Waals surface area (Å²) in [6.07, 6.45) is 2.20. The van der Waals surface area contributed by atoms with E-state index in [1.807, 2.05) is 0 Å². The molecule has 0 aliphatic carbocycles. The second-order valence-electron chi connectivity index (χ2n) is 3.60. The molecule has 0 spiro atoms. The fourth-order valence-electron chi connectivity index (χ4n) is 1.32. The molecule has 0 aliphatic heterocycles. The summed E-state index contributed by atoms with van der Waals surface area (Å²) in [6.45, 7) is 2.28. The molecule has 5 nitrogen and oxygen atoms in total. The van der Waals surface area contributed by atoms with E-state index in [0.717, 1.165) is 12.4 Å². The summed E-state index contributed by atoms with van der Waals surface area (Å²) in [4.78, 5) is 20.7. The summed E-state index contributed by atoms with van der Waals surface area (Å²) in [5, 5.41) is 2.56. The van der Waals surface area contributed by atoms with Crippen LogP contribution in [0.3, 0.4) is 0 Å². The highest BCUT2D eigenvalue weighted by Gasteiger charge is 2.15. The van der Waals surface area contributed by atoms with E-state index in [2.05, 4.69) is 15.3 Å². The van der Waals surface area contributed by atoms with E-state index < -0.39 is 5.82 Å². The van der Waals surface area contributed by atoms with Crippen LogP contribution < -0.4 is 10.2 Å². The summed E-state index contributed by atoms with van der Waals surface area (Å²) in [7, 11) is 3.35. The monoisotopic (exact) mass is 226 g/mol. The molecule has 1 aromatic rings. The summed E-state index contributed by atoms with van der Waals surface area (Å²) >= 11 is 0. The largest absolute Gasteiger partial charge is 0.359 e. The van der Waals surface area contributed by atoms with E-state index in [1.165, 1.54) is 0 Å². The lowest BCUT2D eigenvalue weighted by Crippen LogP contribution is -2.35. The van der Waals surface area contributed by atoms with Gasteiger partial charge >= 0.3 is 0 Å². The zero-order valence-corrected chi connectivity index (χ0v) is 9.57. The van der Waals surface area contributed by atoms with Gasteiger partial charge in [-0.15, -0.1) is 0 Å². The lowest BCUT2D eigenvalue weighted by molar-refractivity contribution is -0.123. The van der Waals surface area contributed by atoms with Gasteiger partial charge in [-0.05, 0) is 0 Å². The Morgan fingerprint density at radius 2 is 2.12 bits per heavy atom. The molecule has 0 bridgehead atoms. The third kappa shape index (κ3) is 3.15. The molecule has 1 rings (SSSR count). The Balaban J connectivity index is 2.61. The summed E-state index contributed by atoms with van der Waals surface area (Å²) < 4.78 is 12.6. The van der Waals surface area contributed by atoms with Gasteiger partial charge in [-0.1, -0.05) is 6.92 Å². The first-order chi connectivity index (χ1) is 7.54. The highest BCUT2D eigenvalue weighted by Crippen LogP contribution is 2.07. The molecule has 0 unspecified atom stereocenters. The van der Waals surface area contributed by atoms with Crippen LogP contribution in [-0.4, -0.2) is 36.5 Å². The van der Waals surface area contributed by atoms with E-state index in [9.17, 15) is 9.18 Å². The topological polar surface area (TPSA) is 58.1 Å². The molecule has 0 saturated heterocycles. The van der Waals surface area contributed by atoms with Gasteiger partial charge in [0.05, 0.1) is 18.3 Å². The SMILES string of the molecule is CNC(=O)[C@@H](C)CN(C)c1ncc(F)cn1. The predicted octanol–water partition coefficient (Wildman–Crippen LogP) is 0.434. The first kappa shape index (κ1) is 12.4. The van der Waals surface area contributed by atoms with Crippen molar-refractivity contribution in [3.05, 3.63) is 18.2 Å². The number of rotatable bonds is 4. The molecule has 0 fully saturated rings. The van der Waals surface area contributed by atoms with E-state index in [0.29, 0.717) is 12.5 Å². The fourth-order valence-corrected chi connectivity index (χ4v) is 1.32. The number of hydrogen-bond acceptors (Lipinski definition) is 4. The number of amides is 1. The number of hydrogen-bond donors (Lipinski definition) is 1. The first-order valence-corrected chi connectivity index (χ1v) is 4.95.